The summed E-state index contributed by atoms with van der Waals surface area (Å²) in [4.78, 5) is 30.0. The van der Waals surface area contributed by atoms with Gasteiger partial charge >= 0.3 is 0 Å². The number of hydrogen-bond acceptors (Lipinski definition) is 10. The first-order chi connectivity index (χ1) is 18.7. The molecule has 0 radical (unpaired) electrons. The molecule has 6 atom stereocenters. The third-order valence-electron chi connectivity index (χ3n) is 6.50. The van der Waals surface area contributed by atoms with Crippen molar-refractivity contribution in [3.05, 3.63) is 48.7 Å². The molecule has 3 aliphatic rings. The Bertz CT molecular complexity index is 1370. The Morgan fingerprint density at radius 2 is 1.55 bits per heavy atom. The van der Waals surface area contributed by atoms with Gasteiger partial charge in [-0.25, -0.2) is 13.4 Å². The van der Waals surface area contributed by atoms with E-state index in [1.165, 1.54) is 43.5 Å². The molecule has 0 bridgehead atoms. The molecule has 3 N–H and O–H groups in total. The molecule has 4 heterocycles. The van der Waals surface area contributed by atoms with E-state index in [1.54, 1.807) is 39.8 Å². The molecule has 0 aliphatic carbocycles. The Hall–Kier alpha value is -3.14. The van der Waals surface area contributed by atoms with Crippen LogP contribution in [0.5, 0.6) is 0 Å². The molecule has 216 valence electrons. The molecule has 3 saturated heterocycles. The molecule has 3 fully saturated rings. The molecule has 5 rings (SSSR count). The summed E-state index contributed by atoms with van der Waals surface area (Å²) in [6.07, 6.45) is -2.47. The Morgan fingerprint density at radius 3 is 2.23 bits per heavy atom. The predicted octanol–water partition coefficient (Wildman–Crippen LogP) is 1.72. The topological polar surface area (TPSA) is 163 Å². The van der Waals surface area contributed by atoms with E-state index in [0.717, 1.165) is 0 Å². The lowest BCUT2D eigenvalue weighted by atomic mass is 9.98. The third-order valence-corrected chi connectivity index (χ3v) is 7.87. The normalized spacial score (nSPS) is 29.1. The zero-order chi connectivity index (χ0) is 28.9. The van der Waals surface area contributed by atoms with Crippen molar-refractivity contribution in [2.24, 2.45) is 0 Å². The highest BCUT2D eigenvalue weighted by molar-refractivity contribution is 7.92. The maximum absolute atomic E-state index is 13.2. The van der Waals surface area contributed by atoms with Crippen molar-refractivity contribution in [3.8, 4) is 0 Å². The number of aromatic nitrogens is 1. The molecular weight excluding hydrogens is 544 g/mol. The highest BCUT2D eigenvalue weighted by atomic mass is 32.2. The second-order valence-electron chi connectivity index (χ2n) is 10.7. The Labute approximate surface area is 231 Å². The number of anilines is 2. The van der Waals surface area contributed by atoms with Crippen LogP contribution in [0.15, 0.2) is 53.6 Å². The highest BCUT2D eigenvalue weighted by Gasteiger charge is 2.62. The van der Waals surface area contributed by atoms with E-state index in [1.807, 2.05) is 0 Å². The van der Waals surface area contributed by atoms with Crippen LogP contribution in [0.4, 0.5) is 11.5 Å². The Morgan fingerprint density at radius 1 is 0.900 bits per heavy atom. The molecule has 0 spiro atoms. The first-order valence-electron chi connectivity index (χ1n) is 12.7. The van der Waals surface area contributed by atoms with Gasteiger partial charge in [0.1, 0.15) is 30.2 Å². The zero-order valence-corrected chi connectivity index (χ0v) is 23.4. The van der Waals surface area contributed by atoms with E-state index in [9.17, 15) is 18.0 Å². The summed E-state index contributed by atoms with van der Waals surface area (Å²) in [5.74, 6) is -2.82. The van der Waals surface area contributed by atoms with E-state index < -0.39 is 70.2 Å². The van der Waals surface area contributed by atoms with Gasteiger partial charge in [-0.2, -0.15) is 0 Å². The average molecular weight is 577 g/mol. The number of ether oxygens (including phenoxy) is 5. The minimum atomic E-state index is -3.87. The number of hydrogen-bond donors (Lipinski definition) is 3. The summed E-state index contributed by atoms with van der Waals surface area (Å²) in [7, 11) is -3.87. The van der Waals surface area contributed by atoms with Crippen LogP contribution in [0.25, 0.3) is 0 Å². The largest absolute Gasteiger partial charge is 0.342 e. The molecule has 2 amide bonds. The molecule has 40 heavy (non-hydrogen) atoms. The minimum absolute atomic E-state index is 0.0113. The van der Waals surface area contributed by atoms with Gasteiger partial charge in [-0.1, -0.05) is 6.07 Å². The van der Waals surface area contributed by atoms with Crippen molar-refractivity contribution < 1.29 is 41.7 Å². The standard InChI is InChI=1S/C26H32N4O9S/c1-14(22(31)29-15-9-11-16(12-10-15)40(33,34)30-17-8-6-7-13-27-17)28-23(32)20-18-19(37-25(2,3)36-18)21-24(35-20)39-26(4,5)38-21/h6-14,18-21,24H,1-5H3,(H,27,30)(H,28,32)(H,29,31)/t14-,18-,19-,20+,21+,24-/m0/s1. The summed E-state index contributed by atoms with van der Waals surface area (Å²) >= 11 is 0. The van der Waals surface area contributed by atoms with Gasteiger partial charge in [-0.05, 0) is 71.0 Å². The summed E-state index contributed by atoms with van der Waals surface area (Å²) in [6, 6.07) is 9.48. The van der Waals surface area contributed by atoms with Gasteiger partial charge in [0.2, 0.25) is 5.91 Å². The number of fused-ring (bicyclic) bond motifs is 3. The maximum atomic E-state index is 13.2. The van der Waals surface area contributed by atoms with Crippen molar-refractivity contribution in [1.29, 1.82) is 0 Å². The van der Waals surface area contributed by atoms with Gasteiger partial charge in [-0.3, -0.25) is 14.3 Å². The molecule has 0 unspecified atom stereocenters. The second kappa shape index (κ2) is 10.4. The Balaban J connectivity index is 1.21. The van der Waals surface area contributed by atoms with Crippen LogP contribution in [0.1, 0.15) is 34.6 Å². The number of amides is 2. The molecule has 14 heteroatoms. The van der Waals surface area contributed by atoms with E-state index in [4.69, 9.17) is 23.7 Å². The predicted molar refractivity (Wildman–Crippen MR) is 140 cm³/mol. The number of nitrogens with zero attached hydrogens (tertiary/aromatic N) is 1. The molecule has 1 aromatic heterocycles. The van der Waals surface area contributed by atoms with Crippen molar-refractivity contribution in [3.63, 3.8) is 0 Å². The summed E-state index contributed by atoms with van der Waals surface area (Å²) in [6.45, 7) is 8.46. The van der Waals surface area contributed by atoms with Gasteiger partial charge in [0, 0.05) is 11.9 Å². The summed E-state index contributed by atoms with van der Waals surface area (Å²) < 4.78 is 57.3. The first kappa shape index (κ1) is 28.4. The van der Waals surface area contributed by atoms with Crippen molar-refractivity contribution >= 4 is 33.3 Å². The van der Waals surface area contributed by atoms with E-state index in [2.05, 4.69) is 20.3 Å². The third kappa shape index (κ3) is 5.96. The molecule has 2 aromatic rings. The molecule has 13 nitrogen and oxygen atoms in total. The SMILES string of the molecule is C[C@H](NC(=O)[C@@H]1O[C@H]2OC(C)(C)O[C@@H]2[C@H]2OC(C)(C)O[C@@H]21)C(=O)Nc1ccc(S(=O)(=O)Nc2ccccn2)cc1. The van der Waals surface area contributed by atoms with Gasteiger partial charge in [0.15, 0.2) is 24.0 Å². The number of sulfonamides is 1. The smallest absolute Gasteiger partial charge is 0.263 e. The number of benzene rings is 1. The summed E-state index contributed by atoms with van der Waals surface area (Å²) in [5.41, 5.74) is 0.340. The van der Waals surface area contributed by atoms with Crippen LogP contribution in [-0.4, -0.2) is 73.5 Å². The monoisotopic (exact) mass is 576 g/mol. The molecular formula is C26H32N4O9S. The van der Waals surface area contributed by atoms with Crippen LogP contribution in [-0.2, 0) is 43.3 Å². The fraction of sp³-hybridized carbons (Fsp3) is 0.500. The van der Waals surface area contributed by atoms with E-state index >= 15 is 0 Å². The lowest BCUT2D eigenvalue weighted by Gasteiger charge is -2.36. The number of carbonyl (C=O) groups excluding carboxylic acids is 2. The fourth-order valence-corrected chi connectivity index (χ4v) is 5.78. The van der Waals surface area contributed by atoms with Gasteiger partial charge in [0.05, 0.1) is 4.90 Å². The highest BCUT2D eigenvalue weighted by Crippen LogP contribution is 2.44. The quantitative estimate of drug-likeness (QED) is 0.442. The lowest BCUT2D eigenvalue weighted by molar-refractivity contribution is -0.231. The van der Waals surface area contributed by atoms with E-state index in [0.29, 0.717) is 5.69 Å². The van der Waals surface area contributed by atoms with Crippen LogP contribution in [0, 0.1) is 0 Å². The van der Waals surface area contributed by atoms with Crippen molar-refractivity contribution in [2.75, 3.05) is 10.0 Å². The number of nitrogens with one attached hydrogen (secondary N) is 3. The van der Waals surface area contributed by atoms with Gasteiger partial charge < -0.3 is 34.3 Å². The van der Waals surface area contributed by atoms with Gasteiger partial charge in [0.25, 0.3) is 15.9 Å². The van der Waals surface area contributed by atoms with Crippen LogP contribution in [0.2, 0.25) is 0 Å². The number of pyridine rings is 1. The summed E-state index contributed by atoms with van der Waals surface area (Å²) in [5, 5.41) is 5.32. The van der Waals surface area contributed by atoms with Crippen molar-refractivity contribution in [1.82, 2.24) is 10.3 Å². The number of rotatable bonds is 7. The molecule has 3 aliphatic heterocycles. The van der Waals surface area contributed by atoms with Gasteiger partial charge in [-0.15, -0.1) is 0 Å². The lowest BCUT2D eigenvalue weighted by Crippen LogP contribution is -2.60. The zero-order valence-electron chi connectivity index (χ0n) is 22.6. The second-order valence-corrected chi connectivity index (χ2v) is 12.3. The minimum Gasteiger partial charge on any atom is -0.342 e. The van der Waals surface area contributed by atoms with E-state index in [-0.39, 0.29) is 10.7 Å². The van der Waals surface area contributed by atoms with Crippen molar-refractivity contribution in [2.45, 2.75) is 87.8 Å². The van der Waals surface area contributed by atoms with Crippen LogP contribution in [0.3, 0.4) is 0 Å². The maximum Gasteiger partial charge on any atom is 0.263 e. The average Bonchev–Trinajstić information content (AvgIpc) is 3.37. The van der Waals surface area contributed by atoms with Crippen LogP contribution < -0.4 is 15.4 Å². The fourth-order valence-electron chi connectivity index (χ4n) is 4.77. The molecule has 0 saturated carbocycles. The molecule has 1 aromatic carbocycles. The number of carbonyl (C=O) groups is 2. The Kier molecular flexibility index (Phi) is 7.35. The first-order valence-corrected chi connectivity index (χ1v) is 14.2. The van der Waals surface area contributed by atoms with Crippen LogP contribution >= 0.6 is 0 Å².